The summed E-state index contributed by atoms with van der Waals surface area (Å²) < 4.78 is 19.9. The van der Waals surface area contributed by atoms with Gasteiger partial charge in [0, 0.05) is 17.7 Å². The number of thiophene rings is 1. The van der Waals surface area contributed by atoms with Crippen molar-refractivity contribution in [3.8, 4) is 5.75 Å². The summed E-state index contributed by atoms with van der Waals surface area (Å²) in [6.07, 6.45) is 0.516. The van der Waals surface area contributed by atoms with Crippen LogP contribution >= 0.6 is 27.3 Å². The van der Waals surface area contributed by atoms with Gasteiger partial charge in [0.1, 0.15) is 17.7 Å². The molecule has 1 aromatic heterocycles. The van der Waals surface area contributed by atoms with Gasteiger partial charge < -0.3 is 10.5 Å². The van der Waals surface area contributed by atoms with Gasteiger partial charge >= 0.3 is 0 Å². The zero-order valence-corrected chi connectivity index (χ0v) is 12.9. The van der Waals surface area contributed by atoms with Crippen LogP contribution in [0.5, 0.6) is 5.75 Å². The van der Waals surface area contributed by atoms with Crippen molar-refractivity contribution in [1.29, 1.82) is 0 Å². The van der Waals surface area contributed by atoms with Crippen molar-refractivity contribution in [3.63, 3.8) is 0 Å². The van der Waals surface area contributed by atoms with Crippen LogP contribution in [-0.4, -0.2) is 6.04 Å². The minimum Gasteiger partial charge on any atom is -0.483 e. The van der Waals surface area contributed by atoms with Gasteiger partial charge in [0.05, 0.1) is 4.47 Å². The molecular formula is C14H15BrFNOS. The largest absolute Gasteiger partial charge is 0.483 e. The molecule has 0 saturated heterocycles. The van der Waals surface area contributed by atoms with Gasteiger partial charge in [0.15, 0.2) is 0 Å². The molecule has 0 bridgehead atoms. The highest BCUT2D eigenvalue weighted by Crippen LogP contribution is 2.32. The normalized spacial score (nSPS) is 14.1. The van der Waals surface area contributed by atoms with Gasteiger partial charge in [-0.1, -0.05) is 6.92 Å². The predicted octanol–water partition coefficient (Wildman–Crippen LogP) is 4.51. The molecule has 0 radical (unpaired) electrons. The van der Waals surface area contributed by atoms with Gasteiger partial charge in [-0.2, -0.15) is 11.3 Å². The second-order valence-electron chi connectivity index (χ2n) is 4.24. The van der Waals surface area contributed by atoms with E-state index in [9.17, 15) is 4.39 Å². The fraction of sp³-hybridized carbons (Fsp3) is 0.286. The zero-order valence-electron chi connectivity index (χ0n) is 10.5. The van der Waals surface area contributed by atoms with Crippen LogP contribution in [0.4, 0.5) is 4.39 Å². The highest BCUT2D eigenvalue weighted by molar-refractivity contribution is 9.10. The Labute approximate surface area is 124 Å². The monoisotopic (exact) mass is 343 g/mol. The Balaban J connectivity index is 2.28. The number of ether oxygens (including phenoxy) is 1. The van der Waals surface area contributed by atoms with E-state index in [2.05, 4.69) is 15.9 Å². The molecule has 102 valence electrons. The lowest BCUT2D eigenvalue weighted by Gasteiger charge is -2.24. The molecule has 0 aliphatic heterocycles. The highest BCUT2D eigenvalue weighted by atomic mass is 79.9. The first-order valence-corrected chi connectivity index (χ1v) is 7.74. The van der Waals surface area contributed by atoms with Crippen molar-refractivity contribution in [2.24, 2.45) is 5.73 Å². The quantitative estimate of drug-likeness (QED) is 0.866. The Morgan fingerprint density at radius 1 is 1.42 bits per heavy atom. The molecule has 2 nitrogen and oxygen atoms in total. The first-order valence-electron chi connectivity index (χ1n) is 6.01. The summed E-state index contributed by atoms with van der Waals surface area (Å²) in [5.41, 5.74) is 7.14. The highest BCUT2D eigenvalue weighted by Gasteiger charge is 2.22. The summed E-state index contributed by atoms with van der Waals surface area (Å²) in [7, 11) is 0. The van der Waals surface area contributed by atoms with Gasteiger partial charge in [-0.25, -0.2) is 4.39 Å². The van der Waals surface area contributed by atoms with Crippen LogP contribution in [0.3, 0.4) is 0 Å². The van der Waals surface area contributed by atoms with Crippen LogP contribution < -0.4 is 10.5 Å². The molecule has 0 fully saturated rings. The van der Waals surface area contributed by atoms with Crippen LogP contribution in [0.1, 0.15) is 25.0 Å². The first-order chi connectivity index (χ1) is 9.11. The Bertz CT molecular complexity index is 532. The topological polar surface area (TPSA) is 35.2 Å². The Hall–Kier alpha value is -0.910. The van der Waals surface area contributed by atoms with Crippen molar-refractivity contribution < 1.29 is 9.13 Å². The third-order valence-electron chi connectivity index (χ3n) is 2.88. The van der Waals surface area contributed by atoms with E-state index in [1.807, 2.05) is 23.8 Å². The average Bonchev–Trinajstić information content (AvgIpc) is 2.92. The smallest absolute Gasteiger partial charge is 0.140 e. The standard InChI is InChI=1S/C14H15BrFNOS/c1-2-12(17)14(9-5-6-19-8-9)18-13-7-10(16)3-4-11(13)15/h3-8,12,14H,2,17H2,1H3. The second kappa shape index (κ2) is 6.50. The van der Waals surface area contributed by atoms with Gasteiger partial charge in [0.2, 0.25) is 0 Å². The number of rotatable bonds is 5. The second-order valence-corrected chi connectivity index (χ2v) is 5.88. The van der Waals surface area contributed by atoms with E-state index < -0.39 is 0 Å². The number of hydrogen-bond acceptors (Lipinski definition) is 3. The first kappa shape index (κ1) is 14.5. The van der Waals surface area contributed by atoms with Gasteiger partial charge in [-0.3, -0.25) is 0 Å². The molecule has 2 N–H and O–H groups in total. The van der Waals surface area contributed by atoms with E-state index in [-0.39, 0.29) is 18.0 Å². The maximum Gasteiger partial charge on any atom is 0.140 e. The summed E-state index contributed by atoms with van der Waals surface area (Å²) in [5, 5.41) is 3.99. The number of halogens is 2. The summed E-state index contributed by atoms with van der Waals surface area (Å²) >= 11 is 4.96. The van der Waals surface area contributed by atoms with Crippen LogP contribution in [0.25, 0.3) is 0 Å². The van der Waals surface area contributed by atoms with E-state index in [0.717, 1.165) is 16.5 Å². The third-order valence-corrected chi connectivity index (χ3v) is 4.24. The van der Waals surface area contributed by atoms with Crippen LogP contribution in [0.15, 0.2) is 39.5 Å². The van der Waals surface area contributed by atoms with Crippen molar-refractivity contribution in [3.05, 3.63) is 50.9 Å². The lowest BCUT2D eigenvalue weighted by atomic mass is 10.0. The molecule has 1 heterocycles. The molecule has 0 saturated carbocycles. The van der Waals surface area contributed by atoms with E-state index in [0.29, 0.717) is 5.75 Å². The molecule has 0 aliphatic carbocycles. The number of hydrogen-bond donors (Lipinski definition) is 1. The maximum atomic E-state index is 13.3. The van der Waals surface area contributed by atoms with Crippen LogP contribution in [0.2, 0.25) is 0 Å². The molecule has 0 aliphatic rings. The molecule has 0 amide bonds. The van der Waals surface area contributed by atoms with Crippen molar-refractivity contribution >= 4 is 27.3 Å². The molecule has 0 spiro atoms. The van der Waals surface area contributed by atoms with Crippen molar-refractivity contribution in [2.75, 3.05) is 0 Å². The Kier molecular flexibility index (Phi) is 4.96. The Morgan fingerprint density at radius 2 is 2.21 bits per heavy atom. The number of benzene rings is 1. The fourth-order valence-corrected chi connectivity index (χ4v) is 2.78. The molecular weight excluding hydrogens is 329 g/mol. The molecule has 2 rings (SSSR count). The minimum absolute atomic E-state index is 0.134. The van der Waals surface area contributed by atoms with Crippen molar-refractivity contribution in [2.45, 2.75) is 25.5 Å². The molecule has 5 heteroatoms. The van der Waals surface area contributed by atoms with Crippen LogP contribution in [-0.2, 0) is 0 Å². The summed E-state index contributed by atoms with van der Waals surface area (Å²) in [4.78, 5) is 0. The van der Waals surface area contributed by atoms with E-state index in [4.69, 9.17) is 10.5 Å². The van der Waals surface area contributed by atoms with Gasteiger partial charge in [-0.15, -0.1) is 0 Å². The maximum absolute atomic E-state index is 13.3. The summed E-state index contributed by atoms with van der Waals surface area (Å²) in [5.74, 6) is 0.146. The molecule has 2 unspecified atom stereocenters. The molecule has 19 heavy (non-hydrogen) atoms. The fourth-order valence-electron chi connectivity index (χ4n) is 1.76. The lowest BCUT2D eigenvalue weighted by molar-refractivity contribution is 0.169. The predicted molar refractivity (Wildman–Crippen MR) is 80.1 cm³/mol. The molecule has 2 atom stereocenters. The third kappa shape index (κ3) is 3.55. The van der Waals surface area contributed by atoms with Gasteiger partial charge in [-0.05, 0) is 51.3 Å². The average molecular weight is 344 g/mol. The van der Waals surface area contributed by atoms with Crippen LogP contribution in [0, 0.1) is 5.82 Å². The SMILES string of the molecule is CCC(N)C(Oc1cc(F)ccc1Br)c1ccsc1. The molecule has 1 aromatic carbocycles. The van der Waals surface area contributed by atoms with Gasteiger partial charge in [0.25, 0.3) is 0 Å². The Morgan fingerprint density at radius 3 is 2.84 bits per heavy atom. The van der Waals surface area contributed by atoms with E-state index in [1.54, 1.807) is 17.4 Å². The molecule has 2 aromatic rings. The summed E-state index contributed by atoms with van der Waals surface area (Å²) in [6, 6.07) is 6.23. The summed E-state index contributed by atoms with van der Waals surface area (Å²) in [6.45, 7) is 2.01. The van der Waals surface area contributed by atoms with E-state index in [1.165, 1.54) is 12.1 Å². The van der Waals surface area contributed by atoms with Crippen molar-refractivity contribution in [1.82, 2.24) is 0 Å². The van der Waals surface area contributed by atoms with E-state index >= 15 is 0 Å². The minimum atomic E-state index is -0.327. The number of nitrogens with two attached hydrogens (primary N) is 1. The lowest BCUT2D eigenvalue weighted by Crippen LogP contribution is -2.31. The zero-order chi connectivity index (χ0) is 13.8.